The van der Waals surface area contributed by atoms with Gasteiger partial charge in [-0.3, -0.25) is 14.2 Å². The maximum absolute atomic E-state index is 12.6. The molecule has 0 radical (unpaired) electrons. The van der Waals surface area contributed by atoms with E-state index in [4.69, 9.17) is 0 Å². The highest BCUT2D eigenvalue weighted by molar-refractivity contribution is 6.05. The zero-order valence-corrected chi connectivity index (χ0v) is 15.0. The highest BCUT2D eigenvalue weighted by Crippen LogP contribution is 2.34. The Bertz CT molecular complexity index is 1370. The lowest BCUT2D eigenvalue weighted by Gasteiger charge is -2.11. The highest BCUT2D eigenvalue weighted by atomic mass is 16.2. The Kier molecular flexibility index (Phi) is 3.65. The Balaban J connectivity index is 1.50. The van der Waals surface area contributed by atoms with Gasteiger partial charge in [-0.15, -0.1) is 0 Å². The molecule has 1 aromatic heterocycles. The molecule has 0 saturated carbocycles. The van der Waals surface area contributed by atoms with Gasteiger partial charge in [-0.1, -0.05) is 36.4 Å². The largest absolute Gasteiger partial charge is 0.329 e. The number of hydrogen-bond donors (Lipinski definition) is 2. The van der Waals surface area contributed by atoms with E-state index in [-0.39, 0.29) is 6.54 Å². The van der Waals surface area contributed by atoms with Gasteiger partial charge in [0.15, 0.2) is 0 Å². The summed E-state index contributed by atoms with van der Waals surface area (Å²) in [4.78, 5) is 40.2. The maximum Gasteiger partial charge on any atom is 0.329 e. The third-order valence-electron chi connectivity index (χ3n) is 5.34. The molecular weight excluding hydrogens is 354 g/mol. The van der Waals surface area contributed by atoms with E-state index < -0.39 is 17.2 Å². The molecule has 0 aliphatic heterocycles. The molecule has 0 unspecified atom stereocenters. The number of nitrogens with zero attached hydrogens (tertiary/aromatic N) is 1. The first-order chi connectivity index (χ1) is 13.6. The van der Waals surface area contributed by atoms with Crippen LogP contribution in [0.3, 0.4) is 0 Å². The van der Waals surface area contributed by atoms with Crippen LogP contribution < -0.4 is 16.6 Å². The molecule has 0 bridgehead atoms. The molecule has 138 valence electrons. The number of carbonyl (C=O) groups is 1. The average molecular weight is 371 g/mol. The van der Waals surface area contributed by atoms with E-state index >= 15 is 0 Å². The minimum absolute atomic E-state index is 0.345. The molecule has 6 nitrogen and oxygen atoms in total. The SMILES string of the molecule is O=C(Cn1c(=O)[nH]c2ccccc2c1=O)Nc1ccc2c3c(cccc13)CC2. The van der Waals surface area contributed by atoms with E-state index in [1.165, 1.54) is 16.5 Å². The van der Waals surface area contributed by atoms with Gasteiger partial charge in [-0.2, -0.15) is 0 Å². The number of anilines is 1. The molecule has 6 heteroatoms. The van der Waals surface area contributed by atoms with Crippen LogP contribution in [0.25, 0.3) is 21.7 Å². The van der Waals surface area contributed by atoms with Crippen LogP contribution in [-0.2, 0) is 24.2 Å². The fourth-order valence-electron chi connectivity index (χ4n) is 4.03. The van der Waals surface area contributed by atoms with Gasteiger partial charge in [0.25, 0.3) is 5.56 Å². The van der Waals surface area contributed by atoms with Crippen LogP contribution in [-0.4, -0.2) is 15.5 Å². The molecule has 0 atom stereocenters. The van der Waals surface area contributed by atoms with Gasteiger partial charge in [-0.25, -0.2) is 4.79 Å². The molecule has 0 spiro atoms. The monoisotopic (exact) mass is 371 g/mol. The van der Waals surface area contributed by atoms with Crippen LogP contribution in [0.5, 0.6) is 0 Å². The molecule has 2 N–H and O–H groups in total. The fourth-order valence-corrected chi connectivity index (χ4v) is 4.03. The van der Waals surface area contributed by atoms with Gasteiger partial charge < -0.3 is 10.3 Å². The Hall–Kier alpha value is -3.67. The minimum Gasteiger partial charge on any atom is -0.324 e. The number of rotatable bonds is 3. The first-order valence-electron chi connectivity index (χ1n) is 9.17. The minimum atomic E-state index is -0.598. The van der Waals surface area contributed by atoms with Crippen molar-refractivity contribution in [2.75, 3.05) is 5.32 Å². The zero-order chi connectivity index (χ0) is 19.3. The molecule has 0 saturated heterocycles. The van der Waals surface area contributed by atoms with Gasteiger partial charge in [0, 0.05) is 11.1 Å². The molecule has 5 rings (SSSR count). The highest BCUT2D eigenvalue weighted by Gasteiger charge is 2.17. The maximum atomic E-state index is 12.6. The summed E-state index contributed by atoms with van der Waals surface area (Å²) in [5.41, 5.74) is 2.64. The van der Waals surface area contributed by atoms with Crippen molar-refractivity contribution in [3.8, 4) is 0 Å². The van der Waals surface area contributed by atoms with Crippen LogP contribution in [0.4, 0.5) is 5.69 Å². The standard InChI is InChI=1S/C22H17N3O3/c26-19(12-25-21(27)16-5-1-2-7-17(16)24-22(25)28)23-18-11-10-14-9-8-13-4-3-6-15(18)20(13)14/h1-7,10-11H,8-9,12H2,(H,23,26)(H,24,28). The zero-order valence-electron chi connectivity index (χ0n) is 15.0. The topological polar surface area (TPSA) is 84.0 Å². The summed E-state index contributed by atoms with van der Waals surface area (Å²) in [5, 5.41) is 5.42. The quantitative estimate of drug-likeness (QED) is 0.581. The van der Waals surface area contributed by atoms with Crippen molar-refractivity contribution < 1.29 is 4.79 Å². The first-order valence-corrected chi connectivity index (χ1v) is 9.17. The number of hydrogen-bond acceptors (Lipinski definition) is 3. The van der Waals surface area contributed by atoms with Gasteiger partial charge in [0.2, 0.25) is 5.91 Å². The van der Waals surface area contributed by atoms with Crippen LogP contribution in [0, 0.1) is 0 Å². The second-order valence-electron chi connectivity index (χ2n) is 7.03. The summed E-state index contributed by atoms with van der Waals surface area (Å²) in [6.07, 6.45) is 2.01. The molecule has 1 aliphatic carbocycles. The Morgan fingerprint density at radius 3 is 2.54 bits per heavy atom. The van der Waals surface area contributed by atoms with Crippen LogP contribution in [0.1, 0.15) is 11.1 Å². The smallest absolute Gasteiger partial charge is 0.324 e. The number of aromatic nitrogens is 2. The Morgan fingerprint density at radius 1 is 0.929 bits per heavy atom. The second kappa shape index (κ2) is 6.20. The van der Waals surface area contributed by atoms with Crippen molar-refractivity contribution in [3.63, 3.8) is 0 Å². The number of benzene rings is 3. The van der Waals surface area contributed by atoms with E-state index in [9.17, 15) is 14.4 Å². The normalized spacial score (nSPS) is 12.6. The van der Waals surface area contributed by atoms with E-state index in [1.807, 2.05) is 24.3 Å². The molecule has 1 aliphatic rings. The van der Waals surface area contributed by atoms with E-state index in [1.54, 1.807) is 24.3 Å². The number of amides is 1. The summed E-state index contributed by atoms with van der Waals surface area (Å²) < 4.78 is 0.928. The molecule has 0 fully saturated rings. The van der Waals surface area contributed by atoms with E-state index in [0.29, 0.717) is 16.6 Å². The number of aromatic amines is 1. The van der Waals surface area contributed by atoms with E-state index in [0.717, 1.165) is 22.8 Å². The average Bonchev–Trinajstić information content (AvgIpc) is 3.12. The summed E-state index contributed by atoms with van der Waals surface area (Å²) in [7, 11) is 0. The predicted octanol–water partition coefficient (Wildman–Crippen LogP) is 2.58. The Morgan fingerprint density at radius 2 is 1.68 bits per heavy atom. The summed E-state index contributed by atoms with van der Waals surface area (Å²) >= 11 is 0. The van der Waals surface area contributed by atoms with Crippen molar-refractivity contribution >= 4 is 33.3 Å². The summed E-state index contributed by atoms with van der Waals surface area (Å²) in [5.74, 6) is -0.415. The number of H-pyrrole nitrogens is 1. The van der Waals surface area contributed by atoms with Crippen molar-refractivity contribution in [1.82, 2.24) is 9.55 Å². The molecule has 28 heavy (non-hydrogen) atoms. The van der Waals surface area contributed by atoms with Gasteiger partial charge in [0.05, 0.1) is 10.9 Å². The summed E-state index contributed by atoms with van der Waals surface area (Å²) in [6.45, 7) is -0.345. The van der Waals surface area contributed by atoms with Gasteiger partial charge in [0.1, 0.15) is 6.54 Å². The number of carbonyl (C=O) groups excluding carboxylic acids is 1. The number of nitrogens with one attached hydrogen (secondary N) is 2. The molecular formula is C22H17N3O3. The summed E-state index contributed by atoms with van der Waals surface area (Å²) in [6, 6.07) is 16.8. The second-order valence-corrected chi connectivity index (χ2v) is 7.03. The van der Waals surface area contributed by atoms with Crippen molar-refractivity contribution in [2.45, 2.75) is 19.4 Å². The van der Waals surface area contributed by atoms with Crippen molar-refractivity contribution in [3.05, 3.63) is 86.6 Å². The number of aryl methyl sites for hydroxylation is 2. The third kappa shape index (κ3) is 2.53. The Labute approximate surface area is 159 Å². The van der Waals surface area contributed by atoms with Crippen LogP contribution in [0.15, 0.2) is 64.2 Å². The number of fused-ring (bicyclic) bond motifs is 1. The third-order valence-corrected chi connectivity index (χ3v) is 5.34. The van der Waals surface area contributed by atoms with Crippen molar-refractivity contribution in [1.29, 1.82) is 0 Å². The predicted molar refractivity (Wildman–Crippen MR) is 109 cm³/mol. The van der Waals surface area contributed by atoms with Gasteiger partial charge >= 0.3 is 5.69 Å². The van der Waals surface area contributed by atoms with Crippen molar-refractivity contribution in [2.24, 2.45) is 0 Å². The molecule has 4 aromatic rings. The van der Waals surface area contributed by atoms with Crippen LogP contribution in [0.2, 0.25) is 0 Å². The lowest BCUT2D eigenvalue weighted by molar-refractivity contribution is -0.116. The van der Waals surface area contributed by atoms with Crippen LogP contribution >= 0.6 is 0 Å². The molecule has 1 heterocycles. The lowest BCUT2D eigenvalue weighted by Crippen LogP contribution is -2.38. The first kappa shape index (κ1) is 16.5. The fraction of sp³-hybridized carbons (Fsp3) is 0.136. The number of para-hydroxylation sites is 1. The molecule has 3 aromatic carbocycles. The van der Waals surface area contributed by atoms with E-state index in [2.05, 4.69) is 16.4 Å². The molecule has 1 amide bonds. The lowest BCUT2D eigenvalue weighted by atomic mass is 10.0. The van der Waals surface area contributed by atoms with Gasteiger partial charge in [-0.05, 0) is 47.6 Å².